The number of halogens is 1. The topological polar surface area (TPSA) is 0 Å². The SMILES string of the molecule is c1ccc([I-]C2CC2)cc1. The summed E-state index contributed by atoms with van der Waals surface area (Å²) >= 11 is 0.378. The van der Waals surface area contributed by atoms with E-state index in [2.05, 4.69) is 30.3 Å². The fourth-order valence-electron chi connectivity index (χ4n) is 0.838. The molecular formula is C9H10I-. The van der Waals surface area contributed by atoms with E-state index < -0.39 is 0 Å². The van der Waals surface area contributed by atoms with Crippen molar-refractivity contribution in [2.24, 2.45) is 0 Å². The van der Waals surface area contributed by atoms with Crippen LogP contribution in [0.1, 0.15) is 12.8 Å². The molecule has 0 aromatic heterocycles. The number of hydrogen-bond acceptors (Lipinski definition) is 0. The van der Waals surface area contributed by atoms with Crippen LogP contribution in [0, 0.1) is 3.57 Å². The van der Waals surface area contributed by atoms with Crippen molar-refractivity contribution >= 4 is 0 Å². The minimum absolute atomic E-state index is 0.378. The summed E-state index contributed by atoms with van der Waals surface area (Å²) in [6, 6.07) is 10.9. The molecule has 0 heterocycles. The van der Waals surface area contributed by atoms with E-state index in [4.69, 9.17) is 0 Å². The Morgan fingerprint density at radius 1 is 1.10 bits per heavy atom. The van der Waals surface area contributed by atoms with Crippen LogP contribution in [-0.2, 0) is 0 Å². The molecule has 1 aliphatic rings. The number of alkyl halides is 1. The Morgan fingerprint density at radius 3 is 2.40 bits per heavy atom. The van der Waals surface area contributed by atoms with E-state index in [-0.39, 0.29) is 0 Å². The summed E-state index contributed by atoms with van der Waals surface area (Å²) in [6.07, 6.45) is 3.00. The van der Waals surface area contributed by atoms with E-state index in [1.807, 2.05) is 0 Å². The van der Waals surface area contributed by atoms with E-state index in [1.165, 1.54) is 12.8 Å². The van der Waals surface area contributed by atoms with E-state index >= 15 is 0 Å². The van der Waals surface area contributed by atoms with Gasteiger partial charge in [-0.3, -0.25) is 0 Å². The molecule has 2 rings (SSSR count). The van der Waals surface area contributed by atoms with Gasteiger partial charge in [0.05, 0.1) is 0 Å². The molecule has 1 fully saturated rings. The Morgan fingerprint density at radius 2 is 1.80 bits per heavy atom. The van der Waals surface area contributed by atoms with Crippen LogP contribution >= 0.6 is 0 Å². The summed E-state index contributed by atoms with van der Waals surface area (Å²) in [4.78, 5) is 0. The third-order valence-electron chi connectivity index (χ3n) is 1.52. The first kappa shape index (κ1) is 6.65. The normalized spacial score (nSPS) is 17.6. The predicted molar refractivity (Wildman–Crippen MR) is 38.2 cm³/mol. The third kappa shape index (κ3) is 1.72. The molecule has 0 amide bonds. The van der Waals surface area contributed by atoms with Crippen molar-refractivity contribution in [3.63, 3.8) is 0 Å². The predicted octanol–water partition coefficient (Wildman–Crippen LogP) is -0.892. The Balaban J connectivity index is 2.03. The van der Waals surface area contributed by atoms with Crippen molar-refractivity contribution in [2.75, 3.05) is 0 Å². The van der Waals surface area contributed by atoms with Gasteiger partial charge in [0.15, 0.2) is 0 Å². The van der Waals surface area contributed by atoms with Crippen molar-refractivity contribution in [2.45, 2.75) is 16.8 Å². The van der Waals surface area contributed by atoms with Gasteiger partial charge in [-0.25, -0.2) is 0 Å². The summed E-state index contributed by atoms with van der Waals surface area (Å²) in [6.45, 7) is 0. The van der Waals surface area contributed by atoms with Gasteiger partial charge in [-0.05, 0) is 0 Å². The molecule has 0 radical (unpaired) electrons. The summed E-state index contributed by atoms with van der Waals surface area (Å²) in [5.74, 6) is 0. The molecule has 1 aromatic rings. The maximum absolute atomic E-state index is 2.27. The summed E-state index contributed by atoms with van der Waals surface area (Å²) < 4.78 is 2.74. The van der Waals surface area contributed by atoms with Crippen LogP contribution in [-0.4, -0.2) is 3.92 Å². The molecule has 1 aliphatic carbocycles. The van der Waals surface area contributed by atoms with Crippen molar-refractivity contribution in [3.8, 4) is 0 Å². The van der Waals surface area contributed by atoms with Crippen LogP contribution in [0.15, 0.2) is 30.3 Å². The molecule has 10 heavy (non-hydrogen) atoms. The molecule has 0 bridgehead atoms. The minimum atomic E-state index is 0.378. The maximum atomic E-state index is 2.27. The fraction of sp³-hybridized carbons (Fsp3) is 0.333. The zero-order valence-corrected chi connectivity index (χ0v) is 7.91. The van der Waals surface area contributed by atoms with Gasteiger partial charge in [0.25, 0.3) is 0 Å². The molecule has 0 atom stereocenters. The second-order valence-electron chi connectivity index (χ2n) is 2.58. The van der Waals surface area contributed by atoms with Gasteiger partial charge in [0.1, 0.15) is 0 Å². The molecule has 1 saturated carbocycles. The first-order valence-electron chi connectivity index (χ1n) is 3.63. The van der Waals surface area contributed by atoms with Crippen molar-refractivity contribution in [1.82, 2.24) is 0 Å². The van der Waals surface area contributed by atoms with E-state index in [1.54, 1.807) is 3.57 Å². The van der Waals surface area contributed by atoms with Crippen LogP contribution in [0.5, 0.6) is 0 Å². The molecule has 1 aromatic carbocycles. The zero-order valence-electron chi connectivity index (χ0n) is 5.76. The van der Waals surface area contributed by atoms with Gasteiger partial charge in [-0.15, -0.1) is 0 Å². The van der Waals surface area contributed by atoms with Gasteiger partial charge >= 0.3 is 71.9 Å². The molecule has 0 unspecified atom stereocenters. The van der Waals surface area contributed by atoms with Gasteiger partial charge in [0.2, 0.25) is 0 Å². The monoisotopic (exact) mass is 245 g/mol. The van der Waals surface area contributed by atoms with Crippen LogP contribution in [0.3, 0.4) is 0 Å². The van der Waals surface area contributed by atoms with E-state index in [9.17, 15) is 0 Å². The van der Waals surface area contributed by atoms with Crippen LogP contribution < -0.4 is 21.2 Å². The first-order chi connectivity index (χ1) is 4.95. The standard InChI is InChI=1S/C9H10I/c1-2-4-8(5-3-1)10-9-6-7-9/h1-5,9H,6-7H2/q-1. The second kappa shape index (κ2) is 2.91. The van der Waals surface area contributed by atoms with E-state index in [0.29, 0.717) is 21.2 Å². The fourth-order valence-corrected chi connectivity index (χ4v) is 3.67. The Labute approximate surface area is 71.9 Å². The molecule has 0 spiro atoms. The molecule has 0 saturated heterocycles. The van der Waals surface area contributed by atoms with Crippen LogP contribution in [0.4, 0.5) is 0 Å². The van der Waals surface area contributed by atoms with Crippen molar-refractivity contribution in [1.29, 1.82) is 0 Å². The zero-order chi connectivity index (χ0) is 6.81. The summed E-state index contributed by atoms with van der Waals surface area (Å²) in [5, 5.41) is 0. The number of benzene rings is 1. The number of hydrogen-bond donors (Lipinski definition) is 0. The Kier molecular flexibility index (Phi) is 1.93. The number of rotatable bonds is 2. The molecular weight excluding hydrogens is 235 g/mol. The summed E-state index contributed by atoms with van der Waals surface area (Å²) in [7, 11) is 0. The molecule has 54 valence electrons. The molecule has 0 aliphatic heterocycles. The van der Waals surface area contributed by atoms with Crippen molar-refractivity contribution in [3.05, 3.63) is 33.9 Å². The van der Waals surface area contributed by atoms with Gasteiger partial charge < -0.3 is 0 Å². The van der Waals surface area contributed by atoms with Crippen LogP contribution in [0.25, 0.3) is 0 Å². The average Bonchev–Trinajstić information content (AvgIpc) is 2.74. The quantitative estimate of drug-likeness (QED) is 0.468. The molecule has 0 nitrogen and oxygen atoms in total. The summed E-state index contributed by atoms with van der Waals surface area (Å²) in [5.41, 5.74) is 0. The van der Waals surface area contributed by atoms with Crippen LogP contribution in [0.2, 0.25) is 0 Å². The molecule has 1 heteroatoms. The van der Waals surface area contributed by atoms with Gasteiger partial charge in [-0.2, -0.15) is 0 Å². The third-order valence-corrected chi connectivity index (χ3v) is 5.09. The Bertz CT molecular complexity index is 201. The van der Waals surface area contributed by atoms with E-state index in [0.717, 1.165) is 3.92 Å². The van der Waals surface area contributed by atoms with Gasteiger partial charge in [-0.1, -0.05) is 0 Å². The Hall–Kier alpha value is -0.0500. The second-order valence-corrected chi connectivity index (χ2v) is 6.21. The first-order valence-corrected chi connectivity index (χ1v) is 5.96. The van der Waals surface area contributed by atoms with Crippen molar-refractivity contribution < 1.29 is 21.2 Å². The molecule has 0 N–H and O–H groups in total. The average molecular weight is 245 g/mol. The van der Waals surface area contributed by atoms with Gasteiger partial charge in [0, 0.05) is 0 Å².